The summed E-state index contributed by atoms with van der Waals surface area (Å²) in [6, 6.07) is 9.18. The van der Waals surface area contributed by atoms with E-state index < -0.39 is 0 Å². The number of rotatable bonds is 6. The molecule has 0 spiro atoms. The van der Waals surface area contributed by atoms with Gasteiger partial charge in [0.1, 0.15) is 0 Å². The zero-order valence-corrected chi connectivity index (χ0v) is 14.0. The SMILES string of the molecule is CN(CCn1cccn1)C(=O)c1ccc(-c2noc(C3CC3)n2)cc1. The maximum Gasteiger partial charge on any atom is 0.253 e. The van der Waals surface area contributed by atoms with E-state index in [-0.39, 0.29) is 5.91 Å². The van der Waals surface area contributed by atoms with Crippen molar-refractivity contribution >= 4 is 5.91 Å². The third kappa shape index (κ3) is 3.45. The van der Waals surface area contributed by atoms with E-state index in [4.69, 9.17) is 4.52 Å². The molecule has 25 heavy (non-hydrogen) atoms. The highest BCUT2D eigenvalue weighted by Crippen LogP contribution is 2.39. The van der Waals surface area contributed by atoms with E-state index in [0.717, 1.165) is 18.4 Å². The number of carbonyl (C=O) groups excluding carboxylic acids is 1. The lowest BCUT2D eigenvalue weighted by Crippen LogP contribution is -2.30. The van der Waals surface area contributed by atoms with Crippen LogP contribution in [0.2, 0.25) is 0 Å². The molecule has 7 heteroatoms. The number of hydrogen-bond donors (Lipinski definition) is 0. The maximum atomic E-state index is 12.5. The second-order valence-electron chi connectivity index (χ2n) is 6.30. The van der Waals surface area contributed by atoms with Gasteiger partial charge in [-0.25, -0.2) is 0 Å². The van der Waals surface area contributed by atoms with E-state index in [0.29, 0.717) is 36.3 Å². The third-order valence-corrected chi connectivity index (χ3v) is 4.33. The lowest BCUT2D eigenvalue weighted by Gasteiger charge is -2.17. The Balaban J connectivity index is 1.40. The maximum absolute atomic E-state index is 12.5. The monoisotopic (exact) mass is 337 g/mol. The molecule has 0 atom stereocenters. The summed E-state index contributed by atoms with van der Waals surface area (Å²) in [5.74, 6) is 1.71. The van der Waals surface area contributed by atoms with Crippen LogP contribution in [0.3, 0.4) is 0 Å². The summed E-state index contributed by atoms with van der Waals surface area (Å²) in [6.07, 6.45) is 5.86. The fraction of sp³-hybridized carbons (Fsp3) is 0.333. The van der Waals surface area contributed by atoms with Crippen LogP contribution < -0.4 is 0 Å². The second-order valence-corrected chi connectivity index (χ2v) is 6.30. The van der Waals surface area contributed by atoms with Crippen molar-refractivity contribution in [1.82, 2.24) is 24.8 Å². The van der Waals surface area contributed by atoms with E-state index in [9.17, 15) is 4.79 Å². The van der Waals surface area contributed by atoms with Crippen LogP contribution in [0.15, 0.2) is 47.2 Å². The molecule has 1 amide bonds. The van der Waals surface area contributed by atoms with Crippen LogP contribution >= 0.6 is 0 Å². The van der Waals surface area contributed by atoms with Gasteiger partial charge in [-0.05, 0) is 31.0 Å². The molecular weight excluding hydrogens is 318 g/mol. The third-order valence-electron chi connectivity index (χ3n) is 4.33. The van der Waals surface area contributed by atoms with Gasteiger partial charge in [-0.1, -0.05) is 17.3 Å². The molecule has 1 saturated carbocycles. The zero-order chi connectivity index (χ0) is 17.2. The quantitative estimate of drug-likeness (QED) is 0.691. The van der Waals surface area contributed by atoms with Gasteiger partial charge in [-0.15, -0.1) is 0 Å². The predicted molar refractivity (Wildman–Crippen MR) is 90.9 cm³/mol. The summed E-state index contributed by atoms with van der Waals surface area (Å²) in [7, 11) is 1.79. The number of amides is 1. The molecule has 0 N–H and O–H groups in total. The summed E-state index contributed by atoms with van der Waals surface area (Å²) in [6.45, 7) is 1.26. The molecule has 7 nitrogen and oxygen atoms in total. The zero-order valence-electron chi connectivity index (χ0n) is 14.0. The first-order chi connectivity index (χ1) is 12.2. The minimum absolute atomic E-state index is 0.0227. The van der Waals surface area contributed by atoms with Gasteiger partial charge in [0.2, 0.25) is 11.7 Å². The van der Waals surface area contributed by atoms with Crippen molar-refractivity contribution in [3.05, 3.63) is 54.2 Å². The molecule has 2 heterocycles. The molecule has 128 valence electrons. The van der Waals surface area contributed by atoms with Crippen LogP contribution in [0.25, 0.3) is 11.4 Å². The van der Waals surface area contributed by atoms with Gasteiger partial charge < -0.3 is 9.42 Å². The number of hydrogen-bond acceptors (Lipinski definition) is 5. The first-order valence-electron chi connectivity index (χ1n) is 8.37. The number of nitrogens with zero attached hydrogens (tertiary/aromatic N) is 5. The Morgan fingerprint density at radius 2 is 2.12 bits per heavy atom. The molecule has 1 aliphatic rings. The number of carbonyl (C=O) groups is 1. The molecular formula is C18H19N5O2. The Labute approximate surface area is 145 Å². The van der Waals surface area contributed by atoms with Crippen molar-refractivity contribution in [3.63, 3.8) is 0 Å². The van der Waals surface area contributed by atoms with E-state index in [1.165, 1.54) is 0 Å². The molecule has 1 aromatic carbocycles. The Bertz CT molecular complexity index is 850. The van der Waals surface area contributed by atoms with Crippen molar-refractivity contribution in [2.24, 2.45) is 0 Å². The molecule has 0 radical (unpaired) electrons. The van der Waals surface area contributed by atoms with E-state index in [1.54, 1.807) is 35.0 Å². The first kappa shape index (κ1) is 15.6. The molecule has 1 fully saturated rings. The number of likely N-dealkylation sites (N-methyl/N-ethyl adjacent to an activating group) is 1. The number of aromatic nitrogens is 4. The summed E-state index contributed by atoms with van der Waals surface area (Å²) >= 11 is 0. The highest BCUT2D eigenvalue weighted by atomic mass is 16.5. The minimum atomic E-state index is -0.0227. The van der Waals surface area contributed by atoms with Gasteiger partial charge in [0, 0.05) is 43.0 Å². The van der Waals surface area contributed by atoms with Crippen LogP contribution in [0.1, 0.15) is 35.0 Å². The lowest BCUT2D eigenvalue weighted by molar-refractivity contribution is 0.0789. The van der Waals surface area contributed by atoms with Crippen LogP contribution in [0, 0.1) is 0 Å². The van der Waals surface area contributed by atoms with E-state index in [2.05, 4.69) is 15.2 Å². The second kappa shape index (κ2) is 6.51. The normalized spacial score (nSPS) is 13.8. The molecule has 0 saturated heterocycles. The topological polar surface area (TPSA) is 77.0 Å². The van der Waals surface area contributed by atoms with Gasteiger partial charge in [0.15, 0.2) is 0 Å². The Kier molecular flexibility index (Phi) is 4.05. The standard InChI is InChI=1S/C18H19N5O2/c1-22(11-12-23-10-2-9-19-23)18(24)15-7-3-13(4-8-15)16-20-17(25-21-16)14-5-6-14/h2-4,7-10,14H,5-6,11-12H2,1H3. The summed E-state index contributed by atoms with van der Waals surface area (Å²) in [4.78, 5) is 18.6. The van der Waals surface area contributed by atoms with Crippen LogP contribution in [0.4, 0.5) is 0 Å². The van der Waals surface area contributed by atoms with Crippen molar-refractivity contribution in [2.75, 3.05) is 13.6 Å². The van der Waals surface area contributed by atoms with Gasteiger partial charge in [-0.2, -0.15) is 10.1 Å². The molecule has 2 aromatic heterocycles. The van der Waals surface area contributed by atoms with Crippen molar-refractivity contribution in [3.8, 4) is 11.4 Å². The molecule has 0 aliphatic heterocycles. The average molecular weight is 337 g/mol. The van der Waals surface area contributed by atoms with E-state index in [1.807, 2.05) is 24.4 Å². The van der Waals surface area contributed by atoms with Gasteiger partial charge in [-0.3, -0.25) is 9.48 Å². The Hall–Kier alpha value is -2.96. The fourth-order valence-corrected chi connectivity index (χ4v) is 2.62. The van der Waals surface area contributed by atoms with Crippen molar-refractivity contribution in [2.45, 2.75) is 25.3 Å². The van der Waals surface area contributed by atoms with Gasteiger partial charge in [0.25, 0.3) is 5.91 Å². The number of benzene rings is 1. The highest BCUT2D eigenvalue weighted by molar-refractivity contribution is 5.94. The van der Waals surface area contributed by atoms with Crippen molar-refractivity contribution < 1.29 is 9.32 Å². The van der Waals surface area contributed by atoms with Crippen LogP contribution in [-0.2, 0) is 6.54 Å². The van der Waals surface area contributed by atoms with Crippen LogP contribution in [-0.4, -0.2) is 44.3 Å². The molecule has 0 bridgehead atoms. The molecule has 0 unspecified atom stereocenters. The summed E-state index contributed by atoms with van der Waals surface area (Å²) < 4.78 is 7.09. The highest BCUT2D eigenvalue weighted by Gasteiger charge is 2.29. The van der Waals surface area contributed by atoms with E-state index >= 15 is 0 Å². The average Bonchev–Trinajstić information content (AvgIpc) is 3.15. The molecule has 3 aromatic rings. The Morgan fingerprint density at radius 1 is 1.32 bits per heavy atom. The smallest absolute Gasteiger partial charge is 0.253 e. The summed E-state index contributed by atoms with van der Waals surface area (Å²) in [5.41, 5.74) is 1.49. The minimum Gasteiger partial charge on any atom is -0.340 e. The fourth-order valence-electron chi connectivity index (χ4n) is 2.62. The largest absolute Gasteiger partial charge is 0.340 e. The first-order valence-corrected chi connectivity index (χ1v) is 8.37. The van der Waals surface area contributed by atoms with Gasteiger partial charge >= 0.3 is 0 Å². The van der Waals surface area contributed by atoms with Gasteiger partial charge in [0.05, 0.1) is 6.54 Å². The Morgan fingerprint density at radius 3 is 2.80 bits per heavy atom. The summed E-state index contributed by atoms with van der Waals surface area (Å²) in [5, 5.41) is 8.16. The van der Waals surface area contributed by atoms with Crippen molar-refractivity contribution in [1.29, 1.82) is 0 Å². The lowest BCUT2D eigenvalue weighted by atomic mass is 10.1. The predicted octanol–water partition coefficient (Wildman–Crippen LogP) is 2.58. The molecule has 1 aliphatic carbocycles. The van der Waals surface area contributed by atoms with Crippen LogP contribution in [0.5, 0.6) is 0 Å². The molecule has 4 rings (SSSR count).